The normalized spacial score (nSPS) is 12.9. The fourth-order valence-electron chi connectivity index (χ4n) is 1.63. The van der Waals surface area contributed by atoms with Gasteiger partial charge in [0.05, 0.1) is 6.10 Å². The molecule has 3 N–H and O–H groups in total. The molecule has 1 heterocycles. The van der Waals surface area contributed by atoms with Gasteiger partial charge in [0.15, 0.2) is 0 Å². The van der Waals surface area contributed by atoms with Crippen molar-refractivity contribution in [1.82, 2.24) is 5.32 Å². The van der Waals surface area contributed by atoms with Crippen molar-refractivity contribution in [2.45, 2.75) is 32.4 Å². The van der Waals surface area contributed by atoms with E-state index in [4.69, 9.17) is 10.5 Å². The molecule has 3 nitrogen and oxygen atoms in total. The van der Waals surface area contributed by atoms with Crippen LogP contribution in [0.3, 0.4) is 0 Å². The van der Waals surface area contributed by atoms with Gasteiger partial charge in [-0.05, 0) is 36.4 Å². The number of ether oxygens (including phenoxy) is 1. The van der Waals surface area contributed by atoms with E-state index in [1.807, 2.05) is 11.3 Å². The fraction of sp³-hybridized carbons (Fsp3) is 0.667. The number of methoxy groups -OCH3 is 1. The van der Waals surface area contributed by atoms with Gasteiger partial charge in [0.1, 0.15) is 0 Å². The van der Waals surface area contributed by atoms with E-state index in [0.29, 0.717) is 6.54 Å². The lowest BCUT2D eigenvalue weighted by Crippen LogP contribution is -2.27. The number of thiophene rings is 1. The highest BCUT2D eigenvalue weighted by Crippen LogP contribution is 2.16. The van der Waals surface area contributed by atoms with Crippen LogP contribution in [0.25, 0.3) is 0 Å². The van der Waals surface area contributed by atoms with Gasteiger partial charge < -0.3 is 15.8 Å². The summed E-state index contributed by atoms with van der Waals surface area (Å²) >= 11 is 1.83. The van der Waals surface area contributed by atoms with Crippen molar-refractivity contribution in [2.24, 2.45) is 5.73 Å². The summed E-state index contributed by atoms with van der Waals surface area (Å²) < 4.78 is 5.22. The van der Waals surface area contributed by atoms with E-state index in [2.05, 4.69) is 23.7 Å². The highest BCUT2D eigenvalue weighted by atomic mass is 32.1. The van der Waals surface area contributed by atoms with Crippen LogP contribution >= 0.6 is 11.3 Å². The highest BCUT2D eigenvalue weighted by molar-refractivity contribution is 7.10. The van der Waals surface area contributed by atoms with Crippen molar-refractivity contribution in [1.29, 1.82) is 0 Å². The Labute approximate surface area is 102 Å². The molecule has 0 bridgehead atoms. The quantitative estimate of drug-likeness (QED) is 0.683. The topological polar surface area (TPSA) is 47.3 Å². The maximum absolute atomic E-state index is 5.56. The van der Waals surface area contributed by atoms with Crippen molar-refractivity contribution in [2.75, 3.05) is 20.2 Å². The monoisotopic (exact) mass is 242 g/mol. The van der Waals surface area contributed by atoms with Gasteiger partial charge in [-0.15, -0.1) is 11.3 Å². The Balaban J connectivity index is 2.20. The molecule has 1 unspecified atom stereocenters. The van der Waals surface area contributed by atoms with E-state index < -0.39 is 0 Å². The molecule has 1 aromatic rings. The standard InChI is InChI=1S/C12H22N2OS/c1-3-10-5-7-16-12(10)9-14-6-4-11(8-13)15-2/h5,7,11,14H,3-4,6,8-9,13H2,1-2H3. The lowest BCUT2D eigenvalue weighted by atomic mass is 10.2. The second-order valence-electron chi connectivity index (χ2n) is 3.78. The van der Waals surface area contributed by atoms with Gasteiger partial charge in [-0.3, -0.25) is 0 Å². The molecule has 0 aromatic carbocycles. The van der Waals surface area contributed by atoms with Crippen LogP contribution in [0.1, 0.15) is 23.8 Å². The first kappa shape index (κ1) is 13.6. The first-order valence-corrected chi connectivity index (χ1v) is 6.68. The molecular formula is C12H22N2OS. The van der Waals surface area contributed by atoms with Crippen molar-refractivity contribution in [3.63, 3.8) is 0 Å². The van der Waals surface area contributed by atoms with Crippen LogP contribution in [0, 0.1) is 0 Å². The number of nitrogens with two attached hydrogens (primary N) is 1. The van der Waals surface area contributed by atoms with Crippen molar-refractivity contribution in [3.05, 3.63) is 21.9 Å². The Morgan fingerprint density at radius 2 is 2.38 bits per heavy atom. The van der Waals surface area contributed by atoms with E-state index in [0.717, 1.165) is 25.9 Å². The SMILES string of the molecule is CCc1ccsc1CNCCC(CN)OC. The third-order valence-electron chi connectivity index (χ3n) is 2.74. The number of hydrogen-bond donors (Lipinski definition) is 2. The zero-order chi connectivity index (χ0) is 11.8. The molecule has 1 atom stereocenters. The predicted octanol–water partition coefficient (Wildman–Crippen LogP) is 1.76. The van der Waals surface area contributed by atoms with Gasteiger partial charge in [-0.2, -0.15) is 0 Å². The van der Waals surface area contributed by atoms with Gasteiger partial charge in [0.2, 0.25) is 0 Å². The van der Waals surface area contributed by atoms with Gasteiger partial charge in [0, 0.05) is 25.1 Å². The Kier molecular flexibility index (Phi) is 6.64. The third-order valence-corrected chi connectivity index (χ3v) is 3.71. The Bertz CT molecular complexity index is 284. The smallest absolute Gasteiger partial charge is 0.0705 e. The van der Waals surface area contributed by atoms with Crippen LogP contribution in [0.4, 0.5) is 0 Å². The van der Waals surface area contributed by atoms with E-state index in [-0.39, 0.29) is 6.10 Å². The molecule has 1 rings (SSSR count). The van der Waals surface area contributed by atoms with Crippen molar-refractivity contribution >= 4 is 11.3 Å². The summed E-state index contributed by atoms with van der Waals surface area (Å²) in [6, 6.07) is 2.21. The first-order chi connectivity index (χ1) is 7.81. The molecule has 0 spiro atoms. The average molecular weight is 242 g/mol. The molecule has 0 fully saturated rings. The second kappa shape index (κ2) is 7.79. The molecule has 4 heteroatoms. The van der Waals surface area contributed by atoms with Gasteiger partial charge in [0.25, 0.3) is 0 Å². The molecular weight excluding hydrogens is 220 g/mol. The number of nitrogens with one attached hydrogen (secondary N) is 1. The Morgan fingerprint density at radius 3 is 3.00 bits per heavy atom. The van der Waals surface area contributed by atoms with Gasteiger partial charge in [-0.25, -0.2) is 0 Å². The van der Waals surface area contributed by atoms with Gasteiger partial charge >= 0.3 is 0 Å². The summed E-state index contributed by atoms with van der Waals surface area (Å²) in [5, 5.41) is 5.60. The molecule has 1 aromatic heterocycles. The van der Waals surface area contributed by atoms with Crippen LogP contribution in [0.2, 0.25) is 0 Å². The minimum atomic E-state index is 0.182. The van der Waals surface area contributed by atoms with Gasteiger partial charge in [-0.1, -0.05) is 6.92 Å². The summed E-state index contributed by atoms with van der Waals surface area (Å²) in [5.74, 6) is 0. The number of rotatable bonds is 8. The summed E-state index contributed by atoms with van der Waals surface area (Å²) in [4.78, 5) is 1.45. The number of aryl methyl sites for hydroxylation is 1. The second-order valence-corrected chi connectivity index (χ2v) is 4.78. The lowest BCUT2D eigenvalue weighted by Gasteiger charge is -2.12. The summed E-state index contributed by atoms with van der Waals surface area (Å²) in [6.07, 6.45) is 2.27. The molecule has 0 radical (unpaired) electrons. The first-order valence-electron chi connectivity index (χ1n) is 5.80. The Morgan fingerprint density at radius 1 is 1.56 bits per heavy atom. The largest absolute Gasteiger partial charge is 0.380 e. The van der Waals surface area contributed by atoms with Crippen molar-refractivity contribution < 1.29 is 4.74 Å². The number of hydrogen-bond acceptors (Lipinski definition) is 4. The maximum Gasteiger partial charge on any atom is 0.0705 e. The van der Waals surface area contributed by atoms with E-state index in [1.54, 1.807) is 7.11 Å². The minimum absolute atomic E-state index is 0.182. The van der Waals surface area contributed by atoms with E-state index >= 15 is 0 Å². The minimum Gasteiger partial charge on any atom is -0.380 e. The Hall–Kier alpha value is -0.420. The molecule has 0 aliphatic carbocycles. The van der Waals surface area contributed by atoms with Crippen LogP contribution in [0.15, 0.2) is 11.4 Å². The molecule has 0 amide bonds. The van der Waals surface area contributed by atoms with E-state index in [1.165, 1.54) is 10.4 Å². The zero-order valence-corrected chi connectivity index (χ0v) is 11.0. The molecule has 0 saturated carbocycles. The van der Waals surface area contributed by atoms with Crippen LogP contribution < -0.4 is 11.1 Å². The average Bonchev–Trinajstić information content (AvgIpc) is 2.77. The van der Waals surface area contributed by atoms with Crippen LogP contribution in [-0.2, 0) is 17.7 Å². The molecule has 0 saturated heterocycles. The van der Waals surface area contributed by atoms with E-state index in [9.17, 15) is 0 Å². The summed E-state index contributed by atoms with van der Waals surface area (Å²) in [6.45, 7) is 4.71. The summed E-state index contributed by atoms with van der Waals surface area (Å²) in [5.41, 5.74) is 7.01. The molecule has 0 aliphatic rings. The van der Waals surface area contributed by atoms with Crippen LogP contribution in [0.5, 0.6) is 0 Å². The van der Waals surface area contributed by atoms with Crippen molar-refractivity contribution in [3.8, 4) is 0 Å². The fourth-order valence-corrected chi connectivity index (χ4v) is 2.58. The van der Waals surface area contributed by atoms with Crippen LogP contribution in [-0.4, -0.2) is 26.3 Å². The predicted molar refractivity (Wildman–Crippen MR) is 69.9 cm³/mol. The maximum atomic E-state index is 5.56. The molecule has 16 heavy (non-hydrogen) atoms. The lowest BCUT2D eigenvalue weighted by molar-refractivity contribution is 0.102. The molecule has 0 aliphatic heterocycles. The highest BCUT2D eigenvalue weighted by Gasteiger charge is 2.05. The zero-order valence-electron chi connectivity index (χ0n) is 10.2. The summed E-state index contributed by atoms with van der Waals surface area (Å²) in [7, 11) is 1.71. The third kappa shape index (κ3) is 4.22. The molecule has 92 valence electrons.